The van der Waals surface area contributed by atoms with E-state index in [0.29, 0.717) is 27.4 Å². The third-order valence-corrected chi connectivity index (χ3v) is 5.97. The van der Waals surface area contributed by atoms with Gasteiger partial charge in [0.2, 0.25) is 5.91 Å². The van der Waals surface area contributed by atoms with Gasteiger partial charge in [-0.15, -0.1) is 10.2 Å². The van der Waals surface area contributed by atoms with Crippen LogP contribution in [0.4, 0.5) is 0 Å². The van der Waals surface area contributed by atoms with Crippen LogP contribution in [-0.4, -0.2) is 20.7 Å². The van der Waals surface area contributed by atoms with Crippen molar-refractivity contribution in [2.75, 3.05) is 0 Å². The fourth-order valence-electron chi connectivity index (χ4n) is 3.08. The Balaban J connectivity index is 1.87. The van der Waals surface area contributed by atoms with Crippen LogP contribution in [0.2, 0.25) is 10.0 Å². The first-order chi connectivity index (χ1) is 14.6. The molecular formula is C23H26Cl2N4OS. The molecule has 0 bridgehead atoms. The van der Waals surface area contributed by atoms with Crippen molar-refractivity contribution >= 4 is 40.9 Å². The summed E-state index contributed by atoms with van der Waals surface area (Å²) >= 11 is 14.2. The summed E-state index contributed by atoms with van der Waals surface area (Å²) in [6.07, 6.45) is 0.428. The quantitative estimate of drug-likeness (QED) is 0.410. The van der Waals surface area contributed by atoms with Crippen molar-refractivity contribution in [2.45, 2.75) is 51.6 Å². The minimum atomic E-state index is -0.0912. The van der Waals surface area contributed by atoms with Crippen LogP contribution in [0.15, 0.2) is 47.6 Å². The van der Waals surface area contributed by atoms with Crippen LogP contribution in [0.25, 0.3) is 5.69 Å². The molecule has 164 valence electrons. The number of carbonyl (C=O) groups is 1. The molecule has 0 radical (unpaired) electrons. The molecule has 0 atom stereocenters. The van der Waals surface area contributed by atoms with Gasteiger partial charge in [0.15, 0.2) is 11.0 Å². The molecule has 0 spiro atoms. The lowest BCUT2D eigenvalue weighted by Crippen LogP contribution is -2.28. The van der Waals surface area contributed by atoms with Gasteiger partial charge in [0.1, 0.15) is 0 Å². The van der Waals surface area contributed by atoms with E-state index < -0.39 is 0 Å². The fourth-order valence-corrected chi connectivity index (χ4v) is 4.48. The normalized spacial score (nSPS) is 11.5. The van der Waals surface area contributed by atoms with Crippen LogP contribution in [0.1, 0.15) is 44.1 Å². The standard InChI is InChI=1S/C23H26Cl2N4OS/c1-15-6-5-7-16(10-15)14-31-22-28-27-20(13-26-21(30)12-23(2,3)4)29(22)19-9-8-17(24)11-18(19)25/h5-11H,12-14H2,1-4H3,(H,26,30). The monoisotopic (exact) mass is 476 g/mol. The van der Waals surface area contributed by atoms with Gasteiger partial charge < -0.3 is 5.32 Å². The first-order valence-corrected chi connectivity index (χ1v) is 11.7. The summed E-state index contributed by atoms with van der Waals surface area (Å²) in [5.41, 5.74) is 3.04. The summed E-state index contributed by atoms with van der Waals surface area (Å²) in [7, 11) is 0. The van der Waals surface area contributed by atoms with Crippen molar-refractivity contribution in [3.8, 4) is 5.69 Å². The van der Waals surface area contributed by atoms with Crippen LogP contribution in [0.5, 0.6) is 0 Å². The van der Waals surface area contributed by atoms with Crippen LogP contribution in [-0.2, 0) is 17.1 Å². The molecule has 0 unspecified atom stereocenters. The summed E-state index contributed by atoms with van der Waals surface area (Å²) in [6, 6.07) is 13.7. The number of hydrogen-bond acceptors (Lipinski definition) is 4. The molecule has 5 nitrogen and oxygen atoms in total. The van der Waals surface area contributed by atoms with E-state index in [2.05, 4.69) is 40.6 Å². The molecule has 0 aliphatic heterocycles. The van der Waals surface area contributed by atoms with E-state index in [-0.39, 0.29) is 17.9 Å². The minimum Gasteiger partial charge on any atom is -0.349 e. The van der Waals surface area contributed by atoms with E-state index in [4.69, 9.17) is 23.2 Å². The number of thioether (sulfide) groups is 1. The summed E-state index contributed by atoms with van der Waals surface area (Å²) < 4.78 is 1.89. The second-order valence-electron chi connectivity index (χ2n) is 8.62. The molecule has 0 saturated heterocycles. The van der Waals surface area contributed by atoms with Crippen molar-refractivity contribution in [1.82, 2.24) is 20.1 Å². The molecule has 0 fully saturated rings. The van der Waals surface area contributed by atoms with Gasteiger partial charge in [-0.1, -0.05) is 85.6 Å². The number of benzene rings is 2. The van der Waals surface area contributed by atoms with Crippen LogP contribution in [0, 0.1) is 12.3 Å². The van der Waals surface area contributed by atoms with E-state index in [1.807, 2.05) is 37.5 Å². The van der Waals surface area contributed by atoms with Crippen LogP contribution < -0.4 is 5.32 Å². The molecule has 0 aliphatic rings. The molecule has 3 aromatic rings. The molecule has 1 aromatic heterocycles. The molecule has 1 N–H and O–H groups in total. The lowest BCUT2D eigenvalue weighted by atomic mass is 9.92. The summed E-state index contributed by atoms with van der Waals surface area (Å²) in [6.45, 7) is 8.42. The number of amides is 1. The average Bonchev–Trinajstić information content (AvgIpc) is 3.06. The molecule has 0 saturated carbocycles. The summed E-state index contributed by atoms with van der Waals surface area (Å²) in [5, 5.41) is 13.4. The highest BCUT2D eigenvalue weighted by molar-refractivity contribution is 7.98. The van der Waals surface area contributed by atoms with E-state index in [0.717, 1.165) is 11.4 Å². The Morgan fingerprint density at radius 1 is 1.13 bits per heavy atom. The Morgan fingerprint density at radius 3 is 2.58 bits per heavy atom. The number of carbonyl (C=O) groups excluding carboxylic acids is 1. The van der Waals surface area contributed by atoms with Gasteiger partial charge in [0.25, 0.3) is 0 Å². The van der Waals surface area contributed by atoms with E-state index in [1.165, 1.54) is 11.1 Å². The Kier molecular flexibility index (Phi) is 7.68. The Morgan fingerprint density at radius 2 is 1.90 bits per heavy atom. The van der Waals surface area contributed by atoms with Gasteiger partial charge in [-0.25, -0.2) is 0 Å². The van der Waals surface area contributed by atoms with Crippen molar-refractivity contribution in [1.29, 1.82) is 0 Å². The zero-order chi connectivity index (χ0) is 22.6. The fraction of sp³-hybridized carbons (Fsp3) is 0.348. The number of rotatable bonds is 7. The topological polar surface area (TPSA) is 59.8 Å². The molecule has 2 aromatic carbocycles. The third kappa shape index (κ3) is 6.73. The second kappa shape index (κ2) is 10.1. The molecule has 8 heteroatoms. The number of nitrogens with one attached hydrogen (secondary N) is 1. The highest BCUT2D eigenvalue weighted by Crippen LogP contribution is 2.31. The lowest BCUT2D eigenvalue weighted by molar-refractivity contribution is -0.123. The van der Waals surface area contributed by atoms with E-state index in [9.17, 15) is 4.79 Å². The van der Waals surface area contributed by atoms with Gasteiger partial charge in [-0.2, -0.15) is 0 Å². The zero-order valence-electron chi connectivity index (χ0n) is 18.1. The van der Waals surface area contributed by atoms with Crippen molar-refractivity contribution < 1.29 is 4.79 Å². The maximum absolute atomic E-state index is 12.3. The first kappa shape index (κ1) is 23.6. The average molecular weight is 477 g/mol. The number of halogens is 2. The Hall–Kier alpha value is -2.02. The maximum atomic E-state index is 12.3. The maximum Gasteiger partial charge on any atom is 0.220 e. The molecule has 1 amide bonds. The highest BCUT2D eigenvalue weighted by atomic mass is 35.5. The van der Waals surface area contributed by atoms with Crippen LogP contribution >= 0.6 is 35.0 Å². The van der Waals surface area contributed by atoms with Gasteiger partial charge in [-0.05, 0) is 36.1 Å². The Labute approximate surface area is 197 Å². The van der Waals surface area contributed by atoms with Gasteiger partial charge in [-0.3, -0.25) is 9.36 Å². The van der Waals surface area contributed by atoms with E-state index >= 15 is 0 Å². The number of nitrogens with zero attached hydrogens (tertiary/aromatic N) is 3. The van der Waals surface area contributed by atoms with Crippen molar-refractivity contribution in [2.24, 2.45) is 5.41 Å². The zero-order valence-corrected chi connectivity index (χ0v) is 20.4. The molecule has 1 heterocycles. The number of aryl methyl sites for hydroxylation is 1. The first-order valence-electron chi connectivity index (χ1n) is 9.97. The number of hydrogen-bond donors (Lipinski definition) is 1. The van der Waals surface area contributed by atoms with E-state index in [1.54, 1.807) is 23.9 Å². The molecule has 31 heavy (non-hydrogen) atoms. The minimum absolute atomic E-state index is 0.0294. The Bertz CT molecular complexity index is 1080. The van der Waals surface area contributed by atoms with Gasteiger partial charge in [0, 0.05) is 17.2 Å². The smallest absolute Gasteiger partial charge is 0.220 e. The SMILES string of the molecule is Cc1cccc(CSc2nnc(CNC(=O)CC(C)(C)C)n2-c2ccc(Cl)cc2Cl)c1. The van der Waals surface area contributed by atoms with Crippen molar-refractivity contribution in [3.05, 3.63) is 69.5 Å². The lowest BCUT2D eigenvalue weighted by Gasteiger charge is -2.17. The van der Waals surface area contributed by atoms with Crippen molar-refractivity contribution in [3.63, 3.8) is 0 Å². The predicted octanol–water partition coefficient (Wildman–Crippen LogP) is 6.23. The van der Waals surface area contributed by atoms with Crippen LogP contribution in [0.3, 0.4) is 0 Å². The van der Waals surface area contributed by atoms with Gasteiger partial charge >= 0.3 is 0 Å². The molecule has 0 aliphatic carbocycles. The largest absolute Gasteiger partial charge is 0.349 e. The molecule has 3 rings (SSSR count). The third-order valence-electron chi connectivity index (χ3n) is 4.44. The number of aromatic nitrogens is 3. The highest BCUT2D eigenvalue weighted by Gasteiger charge is 2.20. The van der Waals surface area contributed by atoms with Gasteiger partial charge in [0.05, 0.1) is 17.3 Å². The summed E-state index contributed by atoms with van der Waals surface area (Å²) in [4.78, 5) is 12.3. The second-order valence-corrected chi connectivity index (χ2v) is 10.4. The summed E-state index contributed by atoms with van der Waals surface area (Å²) in [5.74, 6) is 1.32. The molecular weight excluding hydrogens is 451 g/mol. The predicted molar refractivity (Wildman–Crippen MR) is 128 cm³/mol.